The molecule has 1 nitrogen and oxygen atoms in total. The van der Waals surface area contributed by atoms with E-state index in [1.165, 1.54) is 16.7 Å². The average molecular weight is 337 g/mol. The first-order chi connectivity index (χ1) is 8.90. The Balaban J connectivity index is 2.41. The minimum absolute atomic E-state index is 0.0555. The Labute approximate surface area is 126 Å². The summed E-state index contributed by atoms with van der Waals surface area (Å²) in [6.45, 7) is 8.06. The van der Waals surface area contributed by atoms with Gasteiger partial charge in [-0.15, -0.1) is 11.3 Å². The van der Waals surface area contributed by atoms with Crippen molar-refractivity contribution in [3.8, 4) is 10.4 Å². The Bertz CT molecular complexity index is 602. The van der Waals surface area contributed by atoms with Gasteiger partial charge in [0.2, 0.25) is 0 Å². The molecule has 0 aliphatic rings. The van der Waals surface area contributed by atoms with Gasteiger partial charge < -0.3 is 0 Å². The zero-order valence-electron chi connectivity index (χ0n) is 11.6. The Morgan fingerprint density at radius 2 is 1.74 bits per heavy atom. The van der Waals surface area contributed by atoms with Crippen molar-refractivity contribution >= 4 is 33.0 Å². The lowest BCUT2D eigenvalue weighted by molar-refractivity contribution is 0.0943. The van der Waals surface area contributed by atoms with Crippen LogP contribution in [0.2, 0.25) is 0 Å². The molecule has 0 saturated heterocycles. The lowest BCUT2D eigenvalue weighted by atomic mass is 10.1. The second kappa shape index (κ2) is 5.59. The number of rotatable bonds is 3. The molecule has 0 fully saturated rings. The second-order valence-corrected chi connectivity index (χ2v) is 6.98. The van der Waals surface area contributed by atoms with Crippen molar-refractivity contribution in [1.82, 2.24) is 0 Å². The normalized spacial score (nSPS) is 11.1. The second-order valence-electron chi connectivity index (χ2n) is 5.11. The van der Waals surface area contributed by atoms with Gasteiger partial charge >= 0.3 is 0 Å². The Hall–Kier alpha value is -0.930. The number of carbonyl (C=O) groups is 1. The summed E-state index contributed by atoms with van der Waals surface area (Å²) in [6.07, 6.45) is 0. The molecule has 0 radical (unpaired) electrons. The molecule has 2 aromatic rings. The molecule has 19 heavy (non-hydrogen) atoms. The first-order valence-electron chi connectivity index (χ1n) is 6.31. The summed E-state index contributed by atoms with van der Waals surface area (Å²) < 4.78 is 1.16. The van der Waals surface area contributed by atoms with Crippen LogP contribution in [0.3, 0.4) is 0 Å². The van der Waals surface area contributed by atoms with Crippen LogP contribution in [0.1, 0.15) is 34.6 Å². The number of hydrogen-bond acceptors (Lipinski definition) is 2. The fourth-order valence-electron chi connectivity index (χ4n) is 2.00. The summed E-state index contributed by atoms with van der Waals surface area (Å²) in [7, 11) is 0. The molecule has 100 valence electrons. The third-order valence-electron chi connectivity index (χ3n) is 3.09. The Morgan fingerprint density at radius 3 is 2.26 bits per heavy atom. The molecule has 0 atom stereocenters. The number of Topliss-reactive ketones (excluding diaryl/α,β-unsaturated/α-hetero) is 1. The van der Waals surface area contributed by atoms with Crippen molar-refractivity contribution in [2.24, 2.45) is 5.92 Å². The van der Waals surface area contributed by atoms with E-state index in [-0.39, 0.29) is 11.7 Å². The molecule has 3 heteroatoms. The number of halogens is 1. The van der Waals surface area contributed by atoms with E-state index in [0.717, 1.165) is 14.2 Å². The standard InChI is InChI=1S/C16H17BrOS/c1-9(2)16(18)14-6-5-13(19-14)12-7-10(3)15(17)11(4)8-12/h5-9H,1-4H3. The Morgan fingerprint density at radius 1 is 1.16 bits per heavy atom. The summed E-state index contributed by atoms with van der Waals surface area (Å²) in [5.74, 6) is 0.279. The van der Waals surface area contributed by atoms with Crippen LogP contribution in [0.25, 0.3) is 10.4 Å². The number of carbonyl (C=O) groups excluding carboxylic acids is 1. The summed E-state index contributed by atoms with van der Waals surface area (Å²) in [5.41, 5.74) is 3.63. The molecule has 0 aliphatic heterocycles. The van der Waals surface area contributed by atoms with Crippen molar-refractivity contribution in [3.63, 3.8) is 0 Å². The lowest BCUT2D eigenvalue weighted by Crippen LogP contribution is -2.04. The number of aryl methyl sites for hydroxylation is 2. The molecule has 2 rings (SSSR count). The van der Waals surface area contributed by atoms with E-state index in [2.05, 4.69) is 41.9 Å². The van der Waals surface area contributed by atoms with Crippen molar-refractivity contribution in [2.75, 3.05) is 0 Å². The number of ketones is 1. The van der Waals surface area contributed by atoms with Crippen LogP contribution >= 0.6 is 27.3 Å². The number of hydrogen-bond donors (Lipinski definition) is 0. The van der Waals surface area contributed by atoms with E-state index in [0.29, 0.717) is 0 Å². The summed E-state index contributed by atoms with van der Waals surface area (Å²) in [4.78, 5) is 14.0. The van der Waals surface area contributed by atoms with Gasteiger partial charge in [0, 0.05) is 15.3 Å². The monoisotopic (exact) mass is 336 g/mol. The minimum Gasteiger partial charge on any atom is -0.293 e. The van der Waals surface area contributed by atoms with Crippen molar-refractivity contribution in [3.05, 3.63) is 44.7 Å². The molecule has 0 unspecified atom stereocenters. The van der Waals surface area contributed by atoms with E-state index >= 15 is 0 Å². The third-order valence-corrected chi connectivity index (χ3v) is 5.49. The topological polar surface area (TPSA) is 17.1 Å². The van der Waals surface area contributed by atoms with E-state index in [1.807, 2.05) is 26.0 Å². The van der Waals surface area contributed by atoms with Gasteiger partial charge in [-0.3, -0.25) is 4.79 Å². The van der Waals surface area contributed by atoms with Gasteiger partial charge in [0.15, 0.2) is 5.78 Å². The van der Waals surface area contributed by atoms with Crippen LogP contribution in [0, 0.1) is 19.8 Å². The molecule has 1 aromatic carbocycles. The first kappa shape index (κ1) is 14.5. The fraction of sp³-hybridized carbons (Fsp3) is 0.312. The highest BCUT2D eigenvalue weighted by Gasteiger charge is 2.14. The molecule has 0 saturated carbocycles. The first-order valence-corrected chi connectivity index (χ1v) is 7.92. The van der Waals surface area contributed by atoms with Crippen molar-refractivity contribution < 1.29 is 4.79 Å². The zero-order valence-corrected chi connectivity index (χ0v) is 14.0. The molecular weight excluding hydrogens is 320 g/mol. The SMILES string of the molecule is Cc1cc(-c2ccc(C(=O)C(C)C)s2)cc(C)c1Br. The van der Waals surface area contributed by atoms with E-state index in [9.17, 15) is 4.79 Å². The number of benzene rings is 1. The van der Waals surface area contributed by atoms with Crippen molar-refractivity contribution in [2.45, 2.75) is 27.7 Å². The molecule has 0 bridgehead atoms. The van der Waals surface area contributed by atoms with Crippen LogP contribution in [-0.4, -0.2) is 5.78 Å². The smallest absolute Gasteiger partial charge is 0.175 e. The number of thiophene rings is 1. The highest BCUT2D eigenvalue weighted by Crippen LogP contribution is 2.33. The Kier molecular flexibility index (Phi) is 4.26. The fourth-order valence-corrected chi connectivity index (χ4v) is 3.31. The predicted molar refractivity (Wildman–Crippen MR) is 86.1 cm³/mol. The zero-order chi connectivity index (χ0) is 14.2. The molecule has 1 heterocycles. The maximum absolute atomic E-state index is 12.0. The van der Waals surface area contributed by atoms with Crippen molar-refractivity contribution in [1.29, 1.82) is 0 Å². The van der Waals surface area contributed by atoms with Gasteiger partial charge in [0.1, 0.15) is 0 Å². The maximum Gasteiger partial charge on any atom is 0.175 e. The summed E-state index contributed by atoms with van der Waals surface area (Å²) in [5, 5.41) is 0. The predicted octanol–water partition coefficient (Wildman–Crippen LogP) is 5.63. The van der Waals surface area contributed by atoms with E-state index < -0.39 is 0 Å². The van der Waals surface area contributed by atoms with Gasteiger partial charge in [-0.1, -0.05) is 29.8 Å². The van der Waals surface area contributed by atoms with Crippen LogP contribution in [0.5, 0.6) is 0 Å². The van der Waals surface area contributed by atoms with E-state index in [1.54, 1.807) is 11.3 Å². The van der Waals surface area contributed by atoms with Crippen LogP contribution < -0.4 is 0 Å². The largest absolute Gasteiger partial charge is 0.293 e. The third kappa shape index (κ3) is 2.98. The lowest BCUT2D eigenvalue weighted by Gasteiger charge is -2.06. The summed E-state index contributed by atoms with van der Waals surface area (Å²) in [6, 6.07) is 8.30. The van der Waals surface area contributed by atoms with E-state index in [4.69, 9.17) is 0 Å². The maximum atomic E-state index is 12.0. The molecule has 0 N–H and O–H groups in total. The van der Waals surface area contributed by atoms with Gasteiger partial charge in [-0.25, -0.2) is 0 Å². The van der Waals surface area contributed by atoms with Gasteiger partial charge in [-0.2, -0.15) is 0 Å². The molecule has 1 aromatic heterocycles. The van der Waals surface area contributed by atoms with Crippen LogP contribution in [0.15, 0.2) is 28.7 Å². The highest BCUT2D eigenvalue weighted by atomic mass is 79.9. The molecule has 0 aliphatic carbocycles. The average Bonchev–Trinajstić information content (AvgIpc) is 2.83. The van der Waals surface area contributed by atoms with Gasteiger partial charge in [-0.05, 0) is 54.8 Å². The molecule has 0 spiro atoms. The summed E-state index contributed by atoms with van der Waals surface area (Å²) >= 11 is 5.16. The molecule has 0 amide bonds. The highest BCUT2D eigenvalue weighted by molar-refractivity contribution is 9.10. The molecular formula is C16H17BrOS. The van der Waals surface area contributed by atoms with Crippen LogP contribution in [0.4, 0.5) is 0 Å². The minimum atomic E-state index is 0.0555. The van der Waals surface area contributed by atoms with Gasteiger partial charge in [0.25, 0.3) is 0 Å². The quantitative estimate of drug-likeness (QED) is 0.663. The van der Waals surface area contributed by atoms with Gasteiger partial charge in [0.05, 0.1) is 4.88 Å². The van der Waals surface area contributed by atoms with Crippen LogP contribution in [-0.2, 0) is 0 Å².